The smallest absolute Gasteiger partial charge is 0.344 e. The van der Waals surface area contributed by atoms with Gasteiger partial charge in [-0.15, -0.1) is 0 Å². The zero-order chi connectivity index (χ0) is 17.5. The molecule has 1 fully saturated rings. The lowest BCUT2D eigenvalue weighted by Gasteiger charge is -2.19. The van der Waals surface area contributed by atoms with Gasteiger partial charge in [-0.1, -0.05) is 5.16 Å². The van der Waals surface area contributed by atoms with Gasteiger partial charge in [0.05, 0.1) is 16.6 Å². The Hall–Kier alpha value is -2.44. The van der Waals surface area contributed by atoms with Crippen molar-refractivity contribution in [2.75, 3.05) is 6.61 Å². The fourth-order valence-electron chi connectivity index (χ4n) is 2.44. The number of carbonyl (C=O) groups is 2. The second-order valence-electron chi connectivity index (χ2n) is 6.98. The average molecular weight is 332 g/mol. The number of aromatic nitrogens is 2. The minimum Gasteiger partial charge on any atom is -0.457 e. The zero-order valence-electron chi connectivity index (χ0n) is 14.2. The zero-order valence-corrected chi connectivity index (χ0v) is 14.2. The Labute approximate surface area is 139 Å². The highest BCUT2D eigenvalue weighted by Gasteiger charge is 2.29. The SMILES string of the molecule is Cc1noc2nc(C3CC3)cc(C(=O)OCC(=O)OC(C)(C)C)c12. The van der Waals surface area contributed by atoms with E-state index in [0.29, 0.717) is 28.3 Å². The number of ether oxygens (including phenoxy) is 2. The Morgan fingerprint density at radius 1 is 1.33 bits per heavy atom. The Bertz CT molecular complexity index is 799. The number of hydrogen-bond acceptors (Lipinski definition) is 7. The van der Waals surface area contributed by atoms with Gasteiger partial charge in [-0.05, 0) is 46.6 Å². The van der Waals surface area contributed by atoms with E-state index >= 15 is 0 Å². The maximum absolute atomic E-state index is 12.4. The van der Waals surface area contributed by atoms with Crippen molar-refractivity contribution in [3.63, 3.8) is 0 Å². The normalized spacial score (nSPS) is 14.7. The fourth-order valence-corrected chi connectivity index (χ4v) is 2.44. The van der Waals surface area contributed by atoms with Crippen molar-refractivity contribution >= 4 is 23.0 Å². The molecule has 0 unspecified atom stereocenters. The number of pyridine rings is 1. The van der Waals surface area contributed by atoms with Gasteiger partial charge >= 0.3 is 11.9 Å². The minimum absolute atomic E-state index is 0.320. The Kier molecular flexibility index (Phi) is 4.03. The highest BCUT2D eigenvalue weighted by Crippen LogP contribution is 2.40. The lowest BCUT2D eigenvalue weighted by Crippen LogP contribution is -2.27. The van der Waals surface area contributed by atoms with E-state index in [0.717, 1.165) is 18.5 Å². The molecule has 3 rings (SSSR count). The summed E-state index contributed by atoms with van der Waals surface area (Å²) in [5.74, 6) is -0.857. The van der Waals surface area contributed by atoms with Gasteiger partial charge in [-0.2, -0.15) is 0 Å². The predicted octanol–water partition coefficient (Wildman–Crippen LogP) is 2.91. The van der Waals surface area contributed by atoms with E-state index in [-0.39, 0.29) is 0 Å². The lowest BCUT2D eigenvalue weighted by atomic mass is 10.1. The molecule has 0 saturated heterocycles. The number of hydrogen-bond donors (Lipinski definition) is 0. The van der Waals surface area contributed by atoms with Crippen LogP contribution in [0, 0.1) is 6.92 Å². The lowest BCUT2D eigenvalue weighted by molar-refractivity contribution is -0.158. The molecule has 2 heterocycles. The maximum atomic E-state index is 12.4. The molecule has 2 aromatic rings. The Balaban J connectivity index is 1.81. The first-order valence-electron chi connectivity index (χ1n) is 7.90. The topological polar surface area (TPSA) is 91.5 Å². The van der Waals surface area contributed by atoms with E-state index in [4.69, 9.17) is 14.0 Å². The van der Waals surface area contributed by atoms with Crippen molar-refractivity contribution in [1.29, 1.82) is 0 Å². The molecule has 0 bridgehead atoms. The van der Waals surface area contributed by atoms with E-state index in [1.54, 1.807) is 33.8 Å². The van der Waals surface area contributed by atoms with Crippen molar-refractivity contribution in [3.8, 4) is 0 Å². The Morgan fingerprint density at radius 2 is 2.04 bits per heavy atom. The molecule has 1 aliphatic carbocycles. The van der Waals surface area contributed by atoms with E-state index in [1.165, 1.54) is 0 Å². The molecule has 128 valence electrons. The van der Waals surface area contributed by atoms with Gasteiger partial charge in [0, 0.05) is 11.6 Å². The maximum Gasteiger partial charge on any atom is 0.344 e. The van der Waals surface area contributed by atoms with Crippen molar-refractivity contribution in [2.24, 2.45) is 0 Å². The van der Waals surface area contributed by atoms with Gasteiger partial charge in [-0.25, -0.2) is 14.6 Å². The van der Waals surface area contributed by atoms with Crippen LogP contribution in [0.2, 0.25) is 0 Å². The van der Waals surface area contributed by atoms with Gasteiger partial charge in [0.25, 0.3) is 5.71 Å². The molecule has 24 heavy (non-hydrogen) atoms. The van der Waals surface area contributed by atoms with Crippen molar-refractivity contribution in [2.45, 2.75) is 52.1 Å². The van der Waals surface area contributed by atoms with Crippen LogP contribution in [-0.4, -0.2) is 34.3 Å². The van der Waals surface area contributed by atoms with Crippen molar-refractivity contribution in [1.82, 2.24) is 10.1 Å². The predicted molar refractivity (Wildman–Crippen MR) is 84.6 cm³/mol. The molecule has 7 heteroatoms. The third-order valence-corrected chi connectivity index (χ3v) is 3.59. The highest BCUT2D eigenvalue weighted by molar-refractivity contribution is 6.03. The summed E-state index contributed by atoms with van der Waals surface area (Å²) >= 11 is 0. The van der Waals surface area contributed by atoms with Crippen LogP contribution in [0.25, 0.3) is 11.1 Å². The quantitative estimate of drug-likeness (QED) is 0.795. The van der Waals surface area contributed by atoms with Crippen LogP contribution < -0.4 is 0 Å². The molecular weight excluding hydrogens is 312 g/mol. The molecule has 0 aliphatic heterocycles. The van der Waals surface area contributed by atoms with Crippen LogP contribution in [0.5, 0.6) is 0 Å². The number of aryl methyl sites for hydroxylation is 1. The number of esters is 2. The van der Waals surface area contributed by atoms with E-state index in [9.17, 15) is 9.59 Å². The van der Waals surface area contributed by atoms with Crippen LogP contribution in [0.1, 0.15) is 61.3 Å². The molecular formula is C17H20N2O5. The second kappa shape index (κ2) is 5.89. The molecule has 0 atom stereocenters. The van der Waals surface area contributed by atoms with Crippen LogP contribution in [0.4, 0.5) is 0 Å². The van der Waals surface area contributed by atoms with Crippen molar-refractivity contribution < 1.29 is 23.6 Å². The third-order valence-electron chi connectivity index (χ3n) is 3.59. The number of carbonyl (C=O) groups excluding carboxylic acids is 2. The summed E-state index contributed by atoms with van der Waals surface area (Å²) in [6.45, 7) is 6.54. The summed E-state index contributed by atoms with van der Waals surface area (Å²) in [6, 6.07) is 1.71. The monoisotopic (exact) mass is 332 g/mol. The van der Waals surface area contributed by atoms with Crippen LogP contribution in [0.15, 0.2) is 10.6 Å². The van der Waals surface area contributed by atoms with Gasteiger partial charge in [0.1, 0.15) is 5.60 Å². The van der Waals surface area contributed by atoms with Crippen molar-refractivity contribution in [3.05, 3.63) is 23.0 Å². The minimum atomic E-state index is -0.627. The summed E-state index contributed by atoms with van der Waals surface area (Å²) < 4.78 is 15.4. The summed E-state index contributed by atoms with van der Waals surface area (Å²) in [5, 5.41) is 4.39. The number of rotatable bonds is 4. The van der Waals surface area contributed by atoms with E-state index in [1.807, 2.05) is 0 Å². The first-order valence-corrected chi connectivity index (χ1v) is 7.90. The summed E-state index contributed by atoms with van der Waals surface area (Å²) in [4.78, 5) is 28.6. The molecule has 0 N–H and O–H groups in total. The number of fused-ring (bicyclic) bond motifs is 1. The Morgan fingerprint density at radius 3 is 2.67 bits per heavy atom. The largest absolute Gasteiger partial charge is 0.457 e. The molecule has 7 nitrogen and oxygen atoms in total. The molecule has 0 amide bonds. The molecule has 0 radical (unpaired) electrons. The van der Waals surface area contributed by atoms with Gasteiger partial charge < -0.3 is 14.0 Å². The summed E-state index contributed by atoms with van der Waals surface area (Å²) in [7, 11) is 0. The first-order chi connectivity index (χ1) is 11.2. The van der Waals surface area contributed by atoms with E-state index in [2.05, 4.69) is 10.1 Å². The highest BCUT2D eigenvalue weighted by atomic mass is 16.6. The summed E-state index contributed by atoms with van der Waals surface area (Å²) in [6.07, 6.45) is 2.08. The van der Waals surface area contributed by atoms with Gasteiger partial charge in [0.15, 0.2) is 6.61 Å². The van der Waals surface area contributed by atoms with E-state index < -0.39 is 24.1 Å². The third kappa shape index (κ3) is 3.55. The van der Waals surface area contributed by atoms with Crippen LogP contribution >= 0.6 is 0 Å². The van der Waals surface area contributed by atoms with Crippen LogP contribution in [0.3, 0.4) is 0 Å². The van der Waals surface area contributed by atoms with Gasteiger partial charge in [0.2, 0.25) is 0 Å². The van der Waals surface area contributed by atoms with Crippen LogP contribution in [-0.2, 0) is 14.3 Å². The molecule has 0 aromatic carbocycles. The number of nitrogens with zero attached hydrogens (tertiary/aromatic N) is 2. The second-order valence-corrected chi connectivity index (χ2v) is 6.98. The molecule has 2 aromatic heterocycles. The average Bonchev–Trinajstić information content (AvgIpc) is 3.27. The van der Waals surface area contributed by atoms with Gasteiger partial charge in [-0.3, -0.25) is 0 Å². The molecule has 0 spiro atoms. The standard InChI is InChI=1S/C17H20N2O5/c1-9-14-11(16(21)22-8-13(20)23-17(2,3)4)7-12(10-5-6-10)18-15(14)24-19-9/h7,10H,5-6,8H2,1-4H3. The molecule has 1 saturated carbocycles. The fraction of sp³-hybridized carbons (Fsp3) is 0.529. The summed E-state index contributed by atoms with van der Waals surface area (Å²) in [5.41, 5.74) is 1.37. The first kappa shape index (κ1) is 16.4. The molecule has 1 aliphatic rings.